The number of hydrogen-bond donors (Lipinski definition) is 0. The fourth-order valence-corrected chi connectivity index (χ4v) is 4.24. The number of carbonyl (C=O) groups is 1. The maximum Gasteiger partial charge on any atom is 0.244 e. The summed E-state index contributed by atoms with van der Waals surface area (Å²) in [6.45, 7) is 1.40. The Bertz CT molecular complexity index is 781. The SMILES string of the molecule is CN(C)C1CCC2(CC1)CN(C(=O)Cn1cncn1)Cc1ccccc1O2. The second kappa shape index (κ2) is 7.31. The number of amides is 1. The lowest BCUT2D eigenvalue weighted by molar-refractivity contribution is -0.136. The summed E-state index contributed by atoms with van der Waals surface area (Å²) in [5.41, 5.74) is 0.757. The van der Waals surface area contributed by atoms with Crippen molar-refractivity contribution in [1.82, 2.24) is 24.6 Å². The summed E-state index contributed by atoms with van der Waals surface area (Å²) < 4.78 is 8.16. The first-order valence-electron chi connectivity index (χ1n) is 9.58. The van der Waals surface area contributed by atoms with Crippen LogP contribution in [0.3, 0.4) is 0 Å². The van der Waals surface area contributed by atoms with E-state index in [1.54, 1.807) is 11.0 Å². The Morgan fingerprint density at radius 2 is 2.07 bits per heavy atom. The predicted octanol–water partition coefficient (Wildman–Crippen LogP) is 1.94. The van der Waals surface area contributed by atoms with Gasteiger partial charge in [-0.3, -0.25) is 4.79 Å². The van der Waals surface area contributed by atoms with Gasteiger partial charge >= 0.3 is 0 Å². The van der Waals surface area contributed by atoms with Crippen LogP contribution >= 0.6 is 0 Å². The van der Waals surface area contributed by atoms with E-state index in [0.29, 0.717) is 19.1 Å². The summed E-state index contributed by atoms with van der Waals surface area (Å²) in [6.07, 6.45) is 7.12. The molecule has 1 fully saturated rings. The lowest BCUT2D eigenvalue weighted by Gasteiger charge is -2.43. The average Bonchev–Trinajstić information content (AvgIpc) is 3.10. The monoisotopic (exact) mass is 369 g/mol. The van der Waals surface area contributed by atoms with Gasteiger partial charge in [0.05, 0.1) is 6.54 Å². The molecule has 144 valence electrons. The summed E-state index contributed by atoms with van der Waals surface area (Å²) in [5.74, 6) is 0.965. The topological polar surface area (TPSA) is 63.5 Å². The summed E-state index contributed by atoms with van der Waals surface area (Å²) in [7, 11) is 4.28. The van der Waals surface area contributed by atoms with Gasteiger partial charge in [-0.2, -0.15) is 5.10 Å². The predicted molar refractivity (Wildman–Crippen MR) is 101 cm³/mol. The number of nitrogens with zero attached hydrogens (tertiary/aromatic N) is 5. The number of hydrogen-bond acceptors (Lipinski definition) is 5. The summed E-state index contributed by atoms with van der Waals surface area (Å²) in [4.78, 5) is 21.2. The molecule has 7 heteroatoms. The maximum atomic E-state index is 13.0. The standard InChI is InChI=1S/C20H27N5O2/c1-23(2)17-7-9-20(10-8-17)13-24(19(26)12-25-15-21-14-22-25)11-16-5-3-4-6-18(16)27-20/h3-6,14-15,17H,7-13H2,1-2H3. The van der Waals surface area contributed by atoms with Crippen molar-refractivity contribution in [3.63, 3.8) is 0 Å². The van der Waals surface area contributed by atoms with Crippen LogP contribution in [0, 0.1) is 0 Å². The quantitative estimate of drug-likeness (QED) is 0.827. The number of fused-ring (bicyclic) bond motifs is 1. The molecular formula is C20H27N5O2. The van der Waals surface area contributed by atoms with Gasteiger partial charge in [-0.05, 0) is 45.8 Å². The third-order valence-electron chi connectivity index (χ3n) is 5.85. The number of para-hydroxylation sites is 1. The second-order valence-corrected chi connectivity index (χ2v) is 7.93. The normalized spacial score (nSPS) is 25.1. The average molecular weight is 369 g/mol. The van der Waals surface area contributed by atoms with Gasteiger partial charge in [0.1, 0.15) is 30.5 Å². The van der Waals surface area contributed by atoms with Gasteiger partial charge in [-0.25, -0.2) is 9.67 Å². The largest absolute Gasteiger partial charge is 0.485 e. The Kier molecular flexibility index (Phi) is 4.86. The molecule has 1 aromatic carbocycles. The van der Waals surface area contributed by atoms with E-state index in [2.05, 4.69) is 35.1 Å². The zero-order valence-corrected chi connectivity index (χ0v) is 16.0. The first kappa shape index (κ1) is 18.0. The van der Waals surface area contributed by atoms with E-state index in [1.807, 2.05) is 23.1 Å². The van der Waals surface area contributed by atoms with Crippen molar-refractivity contribution in [3.05, 3.63) is 42.5 Å². The lowest BCUT2D eigenvalue weighted by Crippen LogP contribution is -2.52. The highest BCUT2D eigenvalue weighted by atomic mass is 16.5. The van der Waals surface area contributed by atoms with E-state index in [0.717, 1.165) is 37.0 Å². The number of aromatic nitrogens is 3. The number of carbonyl (C=O) groups excluding carboxylic acids is 1. The van der Waals surface area contributed by atoms with Gasteiger partial charge in [-0.15, -0.1) is 0 Å². The molecule has 0 radical (unpaired) electrons. The van der Waals surface area contributed by atoms with Crippen LogP contribution in [-0.2, 0) is 17.9 Å². The van der Waals surface area contributed by atoms with Gasteiger partial charge in [0.2, 0.25) is 5.91 Å². The fraction of sp³-hybridized carbons (Fsp3) is 0.550. The summed E-state index contributed by atoms with van der Waals surface area (Å²) >= 11 is 0. The minimum absolute atomic E-state index is 0.0508. The van der Waals surface area contributed by atoms with Crippen LogP contribution in [0.4, 0.5) is 0 Å². The maximum absolute atomic E-state index is 13.0. The van der Waals surface area contributed by atoms with Crippen LogP contribution in [0.2, 0.25) is 0 Å². The number of ether oxygens (including phenoxy) is 1. The molecule has 1 amide bonds. The first-order chi connectivity index (χ1) is 13.0. The second-order valence-electron chi connectivity index (χ2n) is 7.93. The zero-order chi connectivity index (χ0) is 18.9. The fourth-order valence-electron chi connectivity index (χ4n) is 4.24. The van der Waals surface area contributed by atoms with E-state index in [9.17, 15) is 4.79 Å². The van der Waals surface area contributed by atoms with E-state index in [4.69, 9.17) is 4.74 Å². The third-order valence-corrected chi connectivity index (χ3v) is 5.85. The van der Waals surface area contributed by atoms with Crippen molar-refractivity contribution >= 4 is 5.91 Å². The first-order valence-corrected chi connectivity index (χ1v) is 9.58. The Morgan fingerprint density at radius 3 is 2.78 bits per heavy atom. The van der Waals surface area contributed by atoms with Crippen LogP contribution in [0.1, 0.15) is 31.2 Å². The highest BCUT2D eigenvalue weighted by Gasteiger charge is 2.42. The molecule has 2 aliphatic rings. The van der Waals surface area contributed by atoms with Crippen molar-refractivity contribution in [1.29, 1.82) is 0 Å². The molecule has 1 aromatic heterocycles. The van der Waals surface area contributed by atoms with Crippen molar-refractivity contribution in [2.75, 3.05) is 20.6 Å². The van der Waals surface area contributed by atoms with Gasteiger partial charge < -0.3 is 14.5 Å². The highest BCUT2D eigenvalue weighted by molar-refractivity contribution is 5.76. The molecule has 1 aliphatic carbocycles. The van der Waals surface area contributed by atoms with Gasteiger partial charge in [0.25, 0.3) is 0 Å². The van der Waals surface area contributed by atoms with Gasteiger partial charge in [0.15, 0.2) is 0 Å². The molecule has 2 heterocycles. The summed E-state index contributed by atoms with van der Waals surface area (Å²) in [6, 6.07) is 8.67. The van der Waals surface area contributed by atoms with Gasteiger partial charge in [-0.1, -0.05) is 18.2 Å². The number of benzene rings is 1. The molecule has 0 N–H and O–H groups in total. The minimum atomic E-state index is -0.308. The zero-order valence-electron chi connectivity index (χ0n) is 16.0. The van der Waals surface area contributed by atoms with Crippen molar-refractivity contribution in [2.24, 2.45) is 0 Å². The molecule has 1 aliphatic heterocycles. The molecule has 1 spiro atoms. The van der Waals surface area contributed by atoms with Crippen LogP contribution in [0.5, 0.6) is 5.75 Å². The molecule has 0 unspecified atom stereocenters. The van der Waals surface area contributed by atoms with Crippen LogP contribution < -0.4 is 4.74 Å². The molecule has 2 aromatic rings. The Hall–Kier alpha value is -2.41. The molecule has 7 nitrogen and oxygen atoms in total. The Balaban J connectivity index is 1.58. The smallest absolute Gasteiger partial charge is 0.244 e. The molecule has 27 heavy (non-hydrogen) atoms. The Morgan fingerprint density at radius 1 is 1.30 bits per heavy atom. The van der Waals surface area contributed by atoms with Crippen LogP contribution in [-0.4, -0.2) is 62.8 Å². The molecule has 0 atom stereocenters. The molecule has 0 saturated heterocycles. The minimum Gasteiger partial charge on any atom is -0.485 e. The van der Waals surface area contributed by atoms with E-state index in [1.165, 1.54) is 6.33 Å². The summed E-state index contributed by atoms with van der Waals surface area (Å²) in [5, 5.41) is 4.07. The van der Waals surface area contributed by atoms with E-state index >= 15 is 0 Å². The lowest BCUT2D eigenvalue weighted by atomic mass is 9.81. The van der Waals surface area contributed by atoms with Crippen LogP contribution in [0.15, 0.2) is 36.9 Å². The van der Waals surface area contributed by atoms with Crippen molar-refractivity contribution < 1.29 is 9.53 Å². The van der Waals surface area contributed by atoms with Gasteiger partial charge in [0, 0.05) is 18.2 Å². The molecule has 0 bridgehead atoms. The Labute approximate surface area is 159 Å². The van der Waals surface area contributed by atoms with Crippen molar-refractivity contribution in [2.45, 2.75) is 50.4 Å². The van der Waals surface area contributed by atoms with Crippen molar-refractivity contribution in [3.8, 4) is 5.75 Å². The van der Waals surface area contributed by atoms with E-state index < -0.39 is 0 Å². The molecule has 4 rings (SSSR count). The van der Waals surface area contributed by atoms with E-state index in [-0.39, 0.29) is 18.1 Å². The third kappa shape index (κ3) is 3.83. The van der Waals surface area contributed by atoms with Crippen LogP contribution in [0.25, 0.3) is 0 Å². The highest BCUT2D eigenvalue weighted by Crippen LogP contribution is 2.39. The molecule has 1 saturated carbocycles. The molecular weight excluding hydrogens is 342 g/mol. The number of rotatable bonds is 3.